The average Bonchev–Trinajstić information content (AvgIpc) is 3.42. The zero-order valence-corrected chi connectivity index (χ0v) is 24.4. The van der Waals surface area contributed by atoms with Crippen LogP contribution in [0.5, 0.6) is 23.0 Å². The summed E-state index contributed by atoms with van der Waals surface area (Å²) in [5.41, 5.74) is -9.01. The van der Waals surface area contributed by atoms with Crippen molar-refractivity contribution in [3.05, 3.63) is 112 Å². The molecule has 2 heterocycles. The van der Waals surface area contributed by atoms with Gasteiger partial charge in [0.25, 0.3) is 26.5 Å². The second kappa shape index (κ2) is 10.6. The molecule has 6 rings (SSSR count). The fourth-order valence-corrected chi connectivity index (χ4v) is 5.83. The Morgan fingerprint density at radius 3 is 1.65 bits per heavy atom. The van der Waals surface area contributed by atoms with Gasteiger partial charge in [0.1, 0.15) is 23.0 Å². The van der Waals surface area contributed by atoms with Gasteiger partial charge in [0.05, 0.1) is 27.9 Å². The number of hydrogen-bond acceptors (Lipinski definition) is 7. The molecule has 4 aromatic rings. The van der Waals surface area contributed by atoms with Gasteiger partial charge in [-0.15, -0.1) is 0 Å². The van der Waals surface area contributed by atoms with Crippen molar-refractivity contribution in [3.8, 4) is 23.0 Å². The number of phenolic OH excluding ortho intramolecular Hbond substituents is 2. The van der Waals surface area contributed by atoms with Gasteiger partial charge in [-0.3, -0.25) is 24.1 Å². The molecular formula is C33H20F6N2O7. The summed E-state index contributed by atoms with van der Waals surface area (Å²) < 4.78 is 110. The molecule has 246 valence electrons. The van der Waals surface area contributed by atoms with Gasteiger partial charge in [-0.2, -0.15) is 26.3 Å². The predicted octanol–water partition coefficient (Wildman–Crippen LogP) is 6.64. The molecule has 0 saturated heterocycles. The van der Waals surface area contributed by atoms with E-state index in [1.165, 1.54) is 31.3 Å². The summed E-state index contributed by atoms with van der Waals surface area (Å²) in [5, 5.41) is 8.70. The molecule has 4 aromatic carbocycles. The summed E-state index contributed by atoms with van der Waals surface area (Å²) in [6, 6.07) is 10.7. The number of carbonyl (C=O) groups excluding carboxylic acids is 4. The van der Waals surface area contributed by atoms with E-state index in [1.54, 1.807) is 0 Å². The highest BCUT2D eigenvalue weighted by Crippen LogP contribution is 2.57. The van der Waals surface area contributed by atoms with Crippen LogP contribution in [0.1, 0.15) is 58.1 Å². The molecule has 0 bridgehead atoms. The van der Waals surface area contributed by atoms with Gasteiger partial charge in [-0.25, -0.2) is 4.90 Å². The lowest BCUT2D eigenvalue weighted by Crippen LogP contribution is -2.54. The van der Waals surface area contributed by atoms with Crippen LogP contribution >= 0.6 is 0 Å². The van der Waals surface area contributed by atoms with E-state index in [0.29, 0.717) is 30.3 Å². The van der Waals surface area contributed by atoms with Crippen molar-refractivity contribution < 1.29 is 60.5 Å². The Labute approximate surface area is 269 Å². The van der Waals surface area contributed by atoms with Gasteiger partial charge in [-0.1, -0.05) is 18.2 Å². The number of amides is 4. The normalized spacial score (nSPS) is 15.3. The third-order valence-corrected chi connectivity index (χ3v) is 8.25. The Morgan fingerprint density at radius 2 is 1.10 bits per heavy atom. The van der Waals surface area contributed by atoms with E-state index < -0.39 is 64.0 Å². The molecule has 2 N–H and O–H groups in total. The number of hydrogen-bond donors (Lipinski definition) is 2. The molecule has 0 unspecified atom stereocenters. The quantitative estimate of drug-likeness (QED) is 0.167. The summed E-state index contributed by atoms with van der Waals surface area (Å²) in [5.74, 6) is -4.42. The van der Waals surface area contributed by atoms with Crippen molar-refractivity contribution >= 4 is 29.3 Å². The van der Waals surface area contributed by atoms with E-state index in [0.717, 1.165) is 30.0 Å². The number of anilines is 1. The minimum Gasteiger partial charge on any atom is -0.508 e. The SMILES string of the molecule is [2H]Oc1ccc(C(c2ccc(O[2H])c(N3C(=O)c4ccc(Oc5ccc6c(c5)C(=O)N(C)C6=O)cc4C3=O)c2)(C(F)(F)F)C(F)(F)F)cc1C. The number of ether oxygens (including phenoxy) is 1. The van der Waals surface area contributed by atoms with Crippen molar-refractivity contribution in [1.82, 2.24) is 4.90 Å². The number of fused-ring (bicyclic) bond motifs is 2. The first-order valence-electron chi connectivity index (χ1n) is 14.6. The smallest absolute Gasteiger partial charge is 0.411 e. The molecule has 4 amide bonds. The van der Waals surface area contributed by atoms with Crippen molar-refractivity contribution in [2.24, 2.45) is 0 Å². The van der Waals surface area contributed by atoms with Crippen LogP contribution in [0.4, 0.5) is 32.0 Å². The average molecular weight is 673 g/mol. The molecule has 9 nitrogen and oxygen atoms in total. The van der Waals surface area contributed by atoms with E-state index in [4.69, 9.17) is 7.60 Å². The zero-order valence-electron chi connectivity index (χ0n) is 26.4. The summed E-state index contributed by atoms with van der Waals surface area (Å²) >= 11 is 0. The maximum atomic E-state index is 14.9. The predicted molar refractivity (Wildman–Crippen MR) is 154 cm³/mol. The first kappa shape index (κ1) is 29.5. The lowest BCUT2D eigenvalue weighted by atomic mass is 9.72. The van der Waals surface area contributed by atoms with E-state index >= 15 is 0 Å². The maximum absolute atomic E-state index is 14.9. The fraction of sp³-hybridized carbons (Fsp3) is 0.152. The van der Waals surface area contributed by atoms with Gasteiger partial charge in [-0.05, 0) is 78.2 Å². The minimum atomic E-state index is -6.05. The molecule has 0 spiro atoms. The van der Waals surface area contributed by atoms with Crippen LogP contribution in [-0.2, 0) is 5.41 Å². The number of carbonyl (C=O) groups is 4. The monoisotopic (exact) mass is 672 g/mol. The number of rotatable bonds is 7. The van der Waals surface area contributed by atoms with Crippen molar-refractivity contribution in [1.29, 1.82) is 2.86 Å². The molecule has 0 aliphatic carbocycles. The summed E-state index contributed by atoms with van der Waals surface area (Å²) in [6.45, 7) is 1.15. The van der Waals surface area contributed by atoms with Crippen molar-refractivity contribution in [3.63, 3.8) is 0 Å². The molecule has 0 saturated carbocycles. The second-order valence-corrected chi connectivity index (χ2v) is 11.0. The number of nitrogens with zero attached hydrogens (tertiary/aromatic N) is 2. The lowest BCUT2D eigenvalue weighted by Gasteiger charge is -2.39. The van der Waals surface area contributed by atoms with Gasteiger partial charge >= 0.3 is 12.4 Å². The highest BCUT2D eigenvalue weighted by atomic mass is 19.4. The highest BCUT2D eigenvalue weighted by molar-refractivity contribution is 6.35. The number of aryl methyl sites for hydroxylation is 1. The van der Waals surface area contributed by atoms with Gasteiger partial charge < -0.3 is 15.0 Å². The molecule has 2 aliphatic heterocycles. The molecule has 0 aromatic heterocycles. The van der Waals surface area contributed by atoms with E-state index in [2.05, 4.69) is 10.2 Å². The number of benzene rings is 4. The van der Waals surface area contributed by atoms with E-state index in [1.807, 2.05) is 0 Å². The lowest BCUT2D eigenvalue weighted by molar-refractivity contribution is -0.288. The van der Waals surface area contributed by atoms with E-state index in [9.17, 15) is 45.5 Å². The van der Waals surface area contributed by atoms with Crippen LogP contribution in [0, 0.1) is 6.92 Å². The molecular weight excluding hydrogens is 650 g/mol. The Balaban J connectivity index is 1.43. The van der Waals surface area contributed by atoms with Crippen molar-refractivity contribution in [2.45, 2.75) is 24.7 Å². The van der Waals surface area contributed by atoms with Gasteiger partial charge in [0, 0.05) is 7.05 Å². The summed E-state index contributed by atoms with van der Waals surface area (Å²) in [4.78, 5) is 52.9. The van der Waals surface area contributed by atoms with E-state index in [-0.39, 0.29) is 50.0 Å². The number of alkyl halides is 6. The second-order valence-electron chi connectivity index (χ2n) is 11.0. The third kappa shape index (κ3) is 4.56. The summed E-state index contributed by atoms with van der Waals surface area (Å²) in [6.07, 6.45) is -12.1. The topological polar surface area (TPSA) is 124 Å². The highest BCUT2D eigenvalue weighted by Gasteiger charge is 2.72. The van der Waals surface area contributed by atoms with Crippen LogP contribution in [0.3, 0.4) is 0 Å². The van der Waals surface area contributed by atoms with Gasteiger partial charge in [0.15, 0.2) is 0 Å². The number of phenols is 2. The Bertz CT molecular complexity index is 2120. The number of aromatic hydroxyl groups is 2. The van der Waals surface area contributed by atoms with Crippen LogP contribution in [0.2, 0.25) is 0 Å². The Morgan fingerprint density at radius 1 is 0.625 bits per heavy atom. The molecule has 48 heavy (non-hydrogen) atoms. The summed E-state index contributed by atoms with van der Waals surface area (Å²) in [7, 11) is 1.30. The maximum Gasteiger partial charge on any atom is 0.411 e. The standard InChI is InChI=1S/C33H20F6N2O7/c1-15-11-16(3-9-25(15)42)31(32(34,35)36,33(37,38)39)17-4-10-26(43)24(12-17)41-29(46)21-8-6-19(14-23(21)30(41)47)48-18-5-7-20-22(13-18)28(45)40(2)27(20)44/h3-14,42-43H,1-2H3/i/hD2. The third-order valence-electron chi connectivity index (χ3n) is 8.25. The van der Waals surface area contributed by atoms with Gasteiger partial charge in [0.2, 0.25) is 5.41 Å². The molecule has 2 aliphatic rings. The molecule has 0 fully saturated rings. The zero-order chi connectivity index (χ0) is 36.5. The number of imide groups is 2. The molecule has 0 atom stereocenters. The molecule has 15 heteroatoms. The van der Waals surface area contributed by atoms with Crippen LogP contribution < -0.4 is 9.64 Å². The minimum absolute atomic E-state index is 0.0498. The van der Waals surface area contributed by atoms with Crippen LogP contribution in [0.15, 0.2) is 72.8 Å². The first-order chi connectivity index (χ1) is 23.5. The number of halogens is 6. The fourth-order valence-electron chi connectivity index (χ4n) is 5.83. The largest absolute Gasteiger partial charge is 0.508 e. The van der Waals surface area contributed by atoms with Crippen LogP contribution in [0.25, 0.3) is 0 Å². The molecule has 0 radical (unpaired) electrons. The Hall–Kier alpha value is -5.86. The Kier molecular flexibility index (Phi) is 6.51. The van der Waals surface area contributed by atoms with Crippen LogP contribution in [-0.4, -0.2) is 61.0 Å². The van der Waals surface area contributed by atoms with Crippen molar-refractivity contribution in [2.75, 3.05) is 11.9 Å². The first-order valence-corrected chi connectivity index (χ1v) is 13.8.